The van der Waals surface area contributed by atoms with Gasteiger partial charge in [0.15, 0.2) is 0 Å². The highest BCUT2D eigenvalue weighted by atomic mass is 16.2. The molecule has 0 aromatic carbocycles. The molecule has 5 heteroatoms. The van der Waals surface area contributed by atoms with Crippen LogP contribution in [0, 0.1) is 0 Å². The van der Waals surface area contributed by atoms with Crippen molar-refractivity contribution in [2.75, 3.05) is 12.8 Å². The predicted molar refractivity (Wildman–Crippen MR) is 79.3 cm³/mol. The number of nitrogen functional groups attached to an aromatic ring is 1. The zero-order valence-corrected chi connectivity index (χ0v) is 12.1. The second-order valence-electron chi connectivity index (χ2n) is 5.18. The Morgan fingerprint density at radius 1 is 1.40 bits per heavy atom. The number of hydrogen-bond donors (Lipinski definition) is 1. The SMILES string of the molecule is CC(C)n1cc(N)cc1C(=O)N(C)Cc1ccncc1. The van der Waals surface area contributed by atoms with Crippen LogP contribution in [-0.4, -0.2) is 27.4 Å². The van der Waals surface area contributed by atoms with Crippen LogP contribution in [0.25, 0.3) is 0 Å². The Balaban J connectivity index is 2.19. The molecule has 106 valence electrons. The molecule has 0 aliphatic rings. The van der Waals surface area contributed by atoms with Crippen molar-refractivity contribution in [3.05, 3.63) is 48.0 Å². The number of rotatable bonds is 4. The van der Waals surface area contributed by atoms with E-state index in [0.29, 0.717) is 17.9 Å². The summed E-state index contributed by atoms with van der Waals surface area (Å²) in [6, 6.07) is 5.73. The quantitative estimate of drug-likeness (QED) is 0.929. The highest BCUT2D eigenvalue weighted by molar-refractivity contribution is 5.93. The first kappa shape index (κ1) is 14.1. The van der Waals surface area contributed by atoms with E-state index >= 15 is 0 Å². The van der Waals surface area contributed by atoms with Crippen LogP contribution in [0.15, 0.2) is 36.8 Å². The van der Waals surface area contributed by atoms with E-state index in [0.717, 1.165) is 5.56 Å². The van der Waals surface area contributed by atoms with Crippen LogP contribution in [0.2, 0.25) is 0 Å². The van der Waals surface area contributed by atoms with Gasteiger partial charge in [-0.15, -0.1) is 0 Å². The first-order valence-corrected chi connectivity index (χ1v) is 6.60. The minimum atomic E-state index is -0.0350. The lowest BCUT2D eigenvalue weighted by molar-refractivity contribution is 0.0772. The Labute approximate surface area is 119 Å². The molecule has 2 N–H and O–H groups in total. The zero-order chi connectivity index (χ0) is 14.7. The van der Waals surface area contributed by atoms with E-state index in [1.807, 2.05) is 30.5 Å². The number of aromatic nitrogens is 2. The number of anilines is 1. The lowest BCUT2D eigenvalue weighted by Crippen LogP contribution is -2.28. The number of pyridine rings is 1. The van der Waals surface area contributed by atoms with Crippen molar-refractivity contribution < 1.29 is 4.79 Å². The first-order chi connectivity index (χ1) is 9.49. The molecule has 0 bridgehead atoms. The summed E-state index contributed by atoms with van der Waals surface area (Å²) in [7, 11) is 1.79. The number of carbonyl (C=O) groups excluding carboxylic acids is 1. The first-order valence-electron chi connectivity index (χ1n) is 6.60. The van der Waals surface area contributed by atoms with Crippen molar-refractivity contribution in [1.29, 1.82) is 0 Å². The highest BCUT2D eigenvalue weighted by Crippen LogP contribution is 2.18. The van der Waals surface area contributed by atoms with E-state index in [4.69, 9.17) is 5.73 Å². The van der Waals surface area contributed by atoms with Gasteiger partial charge in [-0.3, -0.25) is 9.78 Å². The number of nitrogens with zero attached hydrogens (tertiary/aromatic N) is 3. The fraction of sp³-hybridized carbons (Fsp3) is 0.333. The average molecular weight is 272 g/mol. The molecule has 20 heavy (non-hydrogen) atoms. The van der Waals surface area contributed by atoms with Gasteiger partial charge < -0.3 is 15.2 Å². The molecule has 2 rings (SSSR count). The summed E-state index contributed by atoms with van der Waals surface area (Å²) < 4.78 is 1.90. The molecule has 0 saturated carbocycles. The van der Waals surface area contributed by atoms with Crippen LogP contribution in [0.4, 0.5) is 5.69 Å². The topological polar surface area (TPSA) is 64.2 Å². The van der Waals surface area contributed by atoms with E-state index in [-0.39, 0.29) is 11.9 Å². The van der Waals surface area contributed by atoms with Gasteiger partial charge in [-0.1, -0.05) is 0 Å². The van der Waals surface area contributed by atoms with Gasteiger partial charge in [0.1, 0.15) is 5.69 Å². The van der Waals surface area contributed by atoms with Gasteiger partial charge >= 0.3 is 0 Å². The van der Waals surface area contributed by atoms with Gasteiger partial charge in [0.2, 0.25) is 0 Å². The summed E-state index contributed by atoms with van der Waals surface area (Å²) in [5, 5.41) is 0. The maximum absolute atomic E-state index is 12.5. The molecule has 0 spiro atoms. The van der Waals surface area contributed by atoms with E-state index in [9.17, 15) is 4.79 Å². The molecular weight excluding hydrogens is 252 g/mol. The molecule has 0 fully saturated rings. The molecular formula is C15H20N4O. The average Bonchev–Trinajstić information content (AvgIpc) is 2.81. The summed E-state index contributed by atoms with van der Waals surface area (Å²) in [6.07, 6.45) is 5.25. The van der Waals surface area contributed by atoms with Crippen LogP contribution in [-0.2, 0) is 6.54 Å². The van der Waals surface area contributed by atoms with Gasteiger partial charge in [0.05, 0.1) is 5.69 Å². The van der Waals surface area contributed by atoms with E-state index in [1.165, 1.54) is 0 Å². The minimum Gasteiger partial charge on any atom is -0.397 e. The van der Waals surface area contributed by atoms with Gasteiger partial charge in [-0.25, -0.2) is 0 Å². The maximum atomic E-state index is 12.5. The smallest absolute Gasteiger partial charge is 0.270 e. The second kappa shape index (κ2) is 5.77. The van der Waals surface area contributed by atoms with Gasteiger partial charge in [0, 0.05) is 38.2 Å². The van der Waals surface area contributed by atoms with Crippen LogP contribution >= 0.6 is 0 Å². The van der Waals surface area contributed by atoms with Crippen LogP contribution in [0.3, 0.4) is 0 Å². The third-order valence-corrected chi connectivity index (χ3v) is 3.16. The molecule has 2 aromatic heterocycles. The Morgan fingerprint density at radius 3 is 2.65 bits per heavy atom. The van der Waals surface area contributed by atoms with Gasteiger partial charge in [0.25, 0.3) is 5.91 Å². The minimum absolute atomic E-state index is 0.0350. The Morgan fingerprint density at radius 2 is 2.05 bits per heavy atom. The molecule has 1 amide bonds. The summed E-state index contributed by atoms with van der Waals surface area (Å²) in [5.74, 6) is -0.0350. The molecule has 0 atom stereocenters. The third-order valence-electron chi connectivity index (χ3n) is 3.16. The van der Waals surface area contributed by atoms with E-state index in [1.54, 1.807) is 36.6 Å². The van der Waals surface area contributed by atoms with Crippen LogP contribution in [0.1, 0.15) is 35.9 Å². The standard InChI is InChI=1S/C15H20N4O/c1-11(2)19-10-13(16)8-14(19)15(20)18(3)9-12-4-6-17-7-5-12/h4-8,10-11H,9,16H2,1-3H3. The Bertz CT molecular complexity index is 589. The molecule has 0 unspecified atom stereocenters. The molecule has 0 aliphatic heterocycles. The van der Waals surface area contributed by atoms with Gasteiger partial charge in [-0.05, 0) is 37.6 Å². The second-order valence-corrected chi connectivity index (χ2v) is 5.18. The molecule has 0 saturated heterocycles. The number of hydrogen-bond acceptors (Lipinski definition) is 3. The van der Waals surface area contributed by atoms with Crippen molar-refractivity contribution in [2.24, 2.45) is 0 Å². The normalized spacial score (nSPS) is 10.8. The lowest BCUT2D eigenvalue weighted by Gasteiger charge is -2.19. The fourth-order valence-corrected chi connectivity index (χ4v) is 2.13. The van der Waals surface area contributed by atoms with Gasteiger partial charge in [-0.2, -0.15) is 0 Å². The molecule has 5 nitrogen and oxygen atoms in total. The lowest BCUT2D eigenvalue weighted by atomic mass is 10.2. The van der Waals surface area contributed by atoms with Crippen molar-refractivity contribution in [1.82, 2.24) is 14.5 Å². The Kier molecular flexibility index (Phi) is 4.08. The zero-order valence-electron chi connectivity index (χ0n) is 12.1. The number of amides is 1. The van der Waals surface area contributed by atoms with Crippen molar-refractivity contribution in [2.45, 2.75) is 26.4 Å². The molecule has 2 aromatic rings. The summed E-state index contributed by atoms with van der Waals surface area (Å²) in [5.41, 5.74) is 8.09. The highest BCUT2D eigenvalue weighted by Gasteiger charge is 2.18. The number of carbonyl (C=O) groups is 1. The van der Waals surface area contributed by atoms with Crippen LogP contribution < -0.4 is 5.73 Å². The fourth-order valence-electron chi connectivity index (χ4n) is 2.13. The van der Waals surface area contributed by atoms with Crippen LogP contribution in [0.5, 0.6) is 0 Å². The predicted octanol–water partition coefficient (Wildman–Crippen LogP) is 2.32. The maximum Gasteiger partial charge on any atom is 0.270 e. The number of nitrogens with two attached hydrogens (primary N) is 1. The van der Waals surface area contributed by atoms with Crippen molar-refractivity contribution in [3.8, 4) is 0 Å². The van der Waals surface area contributed by atoms with E-state index in [2.05, 4.69) is 4.98 Å². The molecule has 2 heterocycles. The summed E-state index contributed by atoms with van der Waals surface area (Å²) in [4.78, 5) is 18.2. The third kappa shape index (κ3) is 2.99. The monoisotopic (exact) mass is 272 g/mol. The Hall–Kier alpha value is -2.30. The van der Waals surface area contributed by atoms with Crippen molar-refractivity contribution >= 4 is 11.6 Å². The van der Waals surface area contributed by atoms with Crippen molar-refractivity contribution in [3.63, 3.8) is 0 Å². The molecule has 0 aliphatic carbocycles. The molecule has 0 radical (unpaired) electrons. The summed E-state index contributed by atoms with van der Waals surface area (Å²) in [6.45, 7) is 4.60. The summed E-state index contributed by atoms with van der Waals surface area (Å²) >= 11 is 0. The van der Waals surface area contributed by atoms with E-state index < -0.39 is 0 Å². The largest absolute Gasteiger partial charge is 0.397 e.